The van der Waals surface area contributed by atoms with Crippen molar-refractivity contribution in [3.63, 3.8) is 0 Å². The Kier molecular flexibility index (Phi) is 4.56. The van der Waals surface area contributed by atoms with Crippen molar-refractivity contribution in [1.29, 1.82) is 0 Å². The van der Waals surface area contributed by atoms with Crippen LogP contribution >= 0.6 is 0 Å². The molecule has 0 spiro atoms. The average molecular weight is 276 g/mol. The van der Waals surface area contributed by atoms with E-state index in [4.69, 9.17) is 0 Å². The Morgan fingerprint density at radius 3 is 1.52 bits per heavy atom. The third kappa shape index (κ3) is 2.91. The van der Waals surface area contributed by atoms with Gasteiger partial charge in [0.15, 0.2) is 0 Å². The van der Waals surface area contributed by atoms with Crippen molar-refractivity contribution in [3.8, 4) is 0 Å². The molecular weight excluding hydrogens is 250 g/mol. The summed E-state index contributed by atoms with van der Waals surface area (Å²) in [5, 5.41) is 0. The van der Waals surface area contributed by atoms with Gasteiger partial charge in [-0.3, -0.25) is 0 Å². The molecule has 0 N–H and O–H groups in total. The van der Waals surface area contributed by atoms with Gasteiger partial charge in [-0.25, -0.2) is 0 Å². The van der Waals surface area contributed by atoms with Gasteiger partial charge < -0.3 is 0 Å². The number of hydrogen-bond acceptors (Lipinski definition) is 0. The molecular formula is C19H26B2. The van der Waals surface area contributed by atoms with E-state index < -0.39 is 0 Å². The van der Waals surface area contributed by atoms with E-state index >= 15 is 0 Å². The fourth-order valence-corrected chi connectivity index (χ4v) is 3.23. The van der Waals surface area contributed by atoms with Gasteiger partial charge in [-0.05, 0) is 0 Å². The van der Waals surface area contributed by atoms with E-state index in [1.165, 1.54) is 55.2 Å². The van der Waals surface area contributed by atoms with Crippen molar-refractivity contribution in [1.82, 2.24) is 0 Å². The Morgan fingerprint density at radius 2 is 1.00 bits per heavy atom. The maximum atomic E-state index is 2.38. The molecule has 2 aromatic heterocycles. The van der Waals surface area contributed by atoms with E-state index in [9.17, 15) is 0 Å². The van der Waals surface area contributed by atoms with Crippen molar-refractivity contribution < 1.29 is 0 Å². The number of aryl methyl sites for hydroxylation is 3. The first kappa shape index (κ1) is 16.2. The number of rotatable bonds is 2. The van der Waals surface area contributed by atoms with Gasteiger partial charge in [-0.1, -0.05) is 0 Å². The zero-order valence-corrected chi connectivity index (χ0v) is 14.9. The molecule has 0 aliphatic rings. The van der Waals surface area contributed by atoms with Crippen molar-refractivity contribution in [2.24, 2.45) is 0 Å². The van der Waals surface area contributed by atoms with Crippen LogP contribution in [0, 0.1) is 55.4 Å². The van der Waals surface area contributed by atoms with E-state index in [0.29, 0.717) is 0 Å². The fraction of sp³-hybridized carbons (Fsp3) is 0.474. The summed E-state index contributed by atoms with van der Waals surface area (Å²) in [6.07, 6.45) is 1.05. The van der Waals surface area contributed by atoms with Crippen LogP contribution in [0.4, 0.5) is 0 Å². The van der Waals surface area contributed by atoms with E-state index in [2.05, 4.69) is 69.2 Å². The Balaban J connectivity index is 2.59. The van der Waals surface area contributed by atoms with Crippen LogP contribution in [0.25, 0.3) is 0 Å². The van der Waals surface area contributed by atoms with Crippen LogP contribution in [-0.4, -0.2) is 13.8 Å². The molecule has 0 nitrogen and oxygen atoms in total. The molecule has 0 amide bonds. The average Bonchev–Trinajstić information content (AvgIpc) is 2.44. The standard InChI is InChI=1S/C19H26B2/c1-10-11(2)15(6)21-19(12(10)3)9-18-13(4)16(7)20-17(8)14(18)5/h9H2,1-8H3. The van der Waals surface area contributed by atoms with Crippen molar-refractivity contribution in [2.45, 2.75) is 61.8 Å². The molecule has 0 aliphatic heterocycles. The van der Waals surface area contributed by atoms with E-state index in [1.54, 1.807) is 0 Å². The monoisotopic (exact) mass is 276 g/mol. The molecule has 2 aromatic rings. The molecule has 0 unspecified atom stereocenters. The van der Waals surface area contributed by atoms with Crippen LogP contribution < -0.4 is 0 Å². The van der Waals surface area contributed by atoms with Crippen LogP contribution in [-0.2, 0) is 6.42 Å². The Hall–Kier alpha value is -1.17. The minimum absolute atomic E-state index is 1.05. The Bertz CT molecular complexity index is 686. The molecule has 2 heteroatoms. The van der Waals surface area contributed by atoms with Gasteiger partial charge in [-0.15, -0.1) is 0 Å². The predicted molar refractivity (Wildman–Crippen MR) is 96.3 cm³/mol. The normalized spacial score (nSPS) is 10.7. The van der Waals surface area contributed by atoms with Gasteiger partial charge in [0, 0.05) is 0 Å². The van der Waals surface area contributed by atoms with Gasteiger partial charge in [0.25, 0.3) is 0 Å². The zero-order valence-electron chi connectivity index (χ0n) is 14.9. The molecule has 0 aromatic carbocycles. The van der Waals surface area contributed by atoms with Crippen molar-refractivity contribution >= 4 is 13.8 Å². The van der Waals surface area contributed by atoms with Crippen LogP contribution in [0.1, 0.15) is 55.2 Å². The van der Waals surface area contributed by atoms with Crippen molar-refractivity contribution in [3.05, 3.63) is 55.2 Å². The topological polar surface area (TPSA) is 0 Å². The second-order valence-corrected chi connectivity index (χ2v) is 6.64. The molecule has 0 atom stereocenters. The Labute approximate surface area is 131 Å². The predicted octanol–water partition coefficient (Wildman–Crippen LogP) is 4.42. The molecule has 2 heterocycles. The summed E-state index contributed by atoms with van der Waals surface area (Å²) < 4.78 is 0. The summed E-state index contributed by atoms with van der Waals surface area (Å²) in [5.41, 5.74) is 14.5. The van der Waals surface area contributed by atoms with E-state index in [1.807, 2.05) is 0 Å². The van der Waals surface area contributed by atoms with Crippen LogP contribution in [0.15, 0.2) is 0 Å². The second kappa shape index (κ2) is 5.91. The summed E-state index contributed by atoms with van der Waals surface area (Å²) in [7, 11) is 0. The molecule has 0 fully saturated rings. The summed E-state index contributed by atoms with van der Waals surface area (Å²) in [6, 6.07) is 0. The molecule has 0 aliphatic carbocycles. The molecule has 2 rings (SSSR count). The van der Waals surface area contributed by atoms with Gasteiger partial charge in [0.2, 0.25) is 0 Å². The zero-order chi connectivity index (χ0) is 15.9. The third-order valence-electron chi connectivity index (χ3n) is 5.48. The third-order valence-corrected chi connectivity index (χ3v) is 5.48. The molecule has 0 saturated carbocycles. The molecule has 0 radical (unpaired) electrons. The van der Waals surface area contributed by atoms with E-state index in [-0.39, 0.29) is 0 Å². The first-order valence-electron chi connectivity index (χ1n) is 7.86. The fourth-order valence-electron chi connectivity index (χ4n) is 3.23. The molecule has 21 heavy (non-hydrogen) atoms. The second-order valence-electron chi connectivity index (χ2n) is 6.64. The first-order chi connectivity index (χ1) is 9.73. The van der Waals surface area contributed by atoms with Crippen molar-refractivity contribution in [2.75, 3.05) is 0 Å². The first-order valence-corrected chi connectivity index (χ1v) is 7.86. The van der Waals surface area contributed by atoms with Gasteiger partial charge in [0.05, 0.1) is 0 Å². The Morgan fingerprint density at radius 1 is 0.524 bits per heavy atom. The quantitative estimate of drug-likeness (QED) is 0.761. The van der Waals surface area contributed by atoms with Crippen LogP contribution in [0.5, 0.6) is 0 Å². The van der Waals surface area contributed by atoms with E-state index in [0.717, 1.165) is 6.42 Å². The van der Waals surface area contributed by atoms with Gasteiger partial charge in [-0.2, -0.15) is 0 Å². The summed E-state index contributed by atoms with van der Waals surface area (Å²) >= 11 is 0. The van der Waals surface area contributed by atoms with Gasteiger partial charge in [0.1, 0.15) is 0 Å². The number of hydrogen-bond donors (Lipinski definition) is 0. The summed E-state index contributed by atoms with van der Waals surface area (Å²) in [6.45, 7) is 22.7. The molecule has 108 valence electrons. The summed E-state index contributed by atoms with van der Waals surface area (Å²) in [5.74, 6) is 0. The minimum atomic E-state index is 1.05. The maximum absolute atomic E-state index is 2.38. The van der Waals surface area contributed by atoms with Crippen LogP contribution in [0.2, 0.25) is 0 Å². The summed E-state index contributed by atoms with van der Waals surface area (Å²) in [4.78, 5) is 0. The van der Waals surface area contributed by atoms with Crippen LogP contribution in [0.3, 0.4) is 0 Å². The SMILES string of the molecule is Cc1bc(Cc2c(C)c(C)bc(C)c2C)c(C)c(C)c1C. The molecule has 0 bridgehead atoms. The van der Waals surface area contributed by atoms with Gasteiger partial charge >= 0.3 is 131 Å². The molecule has 0 saturated heterocycles.